The largest absolute Gasteiger partial charge is 0.334 e. The van der Waals surface area contributed by atoms with E-state index < -0.39 is 50.7 Å². The Hall–Kier alpha value is -1.74. The Morgan fingerprint density at radius 3 is 2.23 bits per heavy atom. The van der Waals surface area contributed by atoms with Crippen LogP contribution in [-0.2, 0) is 36.1 Å². The highest BCUT2D eigenvalue weighted by Gasteiger charge is 2.56. The first-order valence-electron chi connectivity index (χ1n) is 12.1. The third-order valence-corrected chi connectivity index (χ3v) is 10.8. The molecule has 0 radical (unpaired) electrons. The molecule has 2 amide bonds. The number of hydrogen-bond donors (Lipinski definition) is 1. The first-order valence-corrected chi connectivity index (χ1v) is 17.0. The number of sulfonamides is 2. The molecule has 39 heavy (non-hydrogen) atoms. The number of carbonyl (C=O) groups excluding carboxylic acids is 2. The molecule has 1 saturated carbocycles. The molecule has 0 spiro atoms. The van der Waals surface area contributed by atoms with Crippen LogP contribution < -0.4 is 4.72 Å². The summed E-state index contributed by atoms with van der Waals surface area (Å²) in [5.74, 6) is -0.961. The average Bonchev–Trinajstić information content (AvgIpc) is 3.68. The number of rotatable bonds is 7. The van der Waals surface area contributed by atoms with Crippen molar-refractivity contribution < 1.29 is 26.4 Å². The van der Waals surface area contributed by atoms with E-state index in [0.717, 1.165) is 33.4 Å². The van der Waals surface area contributed by atoms with E-state index in [1.54, 1.807) is 4.90 Å². The monoisotopic (exact) mass is 678 g/mol. The Labute approximate surface area is 245 Å². The Bertz CT molecular complexity index is 1540. The maximum atomic E-state index is 14.0. The summed E-state index contributed by atoms with van der Waals surface area (Å²) in [7, 11) is -8.28. The highest BCUT2D eigenvalue weighted by molar-refractivity contribution is 9.10. The van der Waals surface area contributed by atoms with E-state index in [-0.39, 0.29) is 39.9 Å². The van der Waals surface area contributed by atoms with E-state index >= 15 is 0 Å². The molecule has 3 atom stereocenters. The summed E-state index contributed by atoms with van der Waals surface area (Å²) in [5, 5.41) is 0.125. The number of nitrogens with one attached hydrogen (secondary N) is 1. The fourth-order valence-electron chi connectivity index (χ4n) is 5.12. The summed E-state index contributed by atoms with van der Waals surface area (Å²) in [6.07, 6.45) is 1.51. The van der Waals surface area contributed by atoms with Gasteiger partial charge in [0.1, 0.15) is 23.1 Å². The Morgan fingerprint density at radius 1 is 0.974 bits per heavy atom. The standard InChI is InChI=1S/C24H25BrCl2N4O6S2/c1-38(34,35)28-19-12-30(39(36,37)21-9-6-16(26)11-18(21)27)22-13-29(17-7-8-17)24(33)20(31(22)23(19)32)10-14-2-4-15(25)5-3-14/h2-6,9,11,17,19-20,22,28H,7-8,10,12-13H2,1H3. The lowest BCUT2D eigenvalue weighted by Crippen LogP contribution is -2.76. The molecule has 10 nitrogen and oxygen atoms in total. The number of piperazine rings is 1. The molecule has 210 valence electrons. The lowest BCUT2D eigenvalue weighted by atomic mass is 9.97. The van der Waals surface area contributed by atoms with Crippen molar-refractivity contribution in [2.75, 3.05) is 19.3 Å². The number of nitrogens with zero attached hydrogens (tertiary/aromatic N) is 3. The smallest absolute Gasteiger partial charge is 0.246 e. The third-order valence-electron chi connectivity index (χ3n) is 7.00. The molecule has 2 aliphatic heterocycles. The van der Waals surface area contributed by atoms with Gasteiger partial charge in [-0.2, -0.15) is 4.31 Å². The van der Waals surface area contributed by atoms with Crippen LogP contribution in [-0.4, -0.2) is 86.4 Å². The van der Waals surface area contributed by atoms with Crippen LogP contribution in [0.25, 0.3) is 0 Å². The van der Waals surface area contributed by atoms with Crippen molar-refractivity contribution in [3.05, 3.63) is 62.5 Å². The van der Waals surface area contributed by atoms with Gasteiger partial charge in [-0.1, -0.05) is 51.3 Å². The highest BCUT2D eigenvalue weighted by Crippen LogP contribution is 2.38. The number of hydrogen-bond acceptors (Lipinski definition) is 6. The van der Waals surface area contributed by atoms with Crippen LogP contribution in [0.5, 0.6) is 0 Å². The summed E-state index contributed by atoms with van der Waals surface area (Å²) < 4.78 is 56.6. The van der Waals surface area contributed by atoms with Gasteiger partial charge in [-0.15, -0.1) is 0 Å². The quantitative estimate of drug-likeness (QED) is 0.480. The first-order chi connectivity index (χ1) is 18.3. The van der Waals surface area contributed by atoms with E-state index in [1.165, 1.54) is 23.1 Å². The van der Waals surface area contributed by atoms with Gasteiger partial charge in [-0.05, 0) is 48.7 Å². The average molecular weight is 680 g/mol. The molecule has 2 aromatic rings. The summed E-state index contributed by atoms with van der Waals surface area (Å²) >= 11 is 15.7. The fourth-order valence-corrected chi connectivity index (χ4v) is 8.41. The van der Waals surface area contributed by atoms with Crippen LogP contribution in [0.15, 0.2) is 51.8 Å². The van der Waals surface area contributed by atoms with Crippen molar-refractivity contribution in [1.82, 2.24) is 18.8 Å². The second-order valence-corrected chi connectivity index (χ2v) is 15.3. The van der Waals surface area contributed by atoms with E-state index in [4.69, 9.17) is 23.2 Å². The van der Waals surface area contributed by atoms with Crippen LogP contribution in [0.2, 0.25) is 10.0 Å². The number of carbonyl (C=O) groups is 2. The number of halogens is 3. The van der Waals surface area contributed by atoms with Crippen LogP contribution >= 0.6 is 39.1 Å². The highest BCUT2D eigenvalue weighted by atomic mass is 79.9. The van der Waals surface area contributed by atoms with Crippen molar-refractivity contribution in [3.8, 4) is 0 Å². The van der Waals surface area contributed by atoms with Gasteiger partial charge in [0, 0.05) is 28.5 Å². The molecular formula is C24H25BrCl2N4O6S2. The summed E-state index contributed by atoms with van der Waals surface area (Å²) in [5.41, 5.74) is 0.758. The predicted molar refractivity (Wildman–Crippen MR) is 149 cm³/mol. The molecule has 0 aromatic heterocycles. The van der Waals surface area contributed by atoms with Crippen molar-refractivity contribution in [2.24, 2.45) is 0 Å². The predicted octanol–water partition coefficient (Wildman–Crippen LogP) is 2.45. The van der Waals surface area contributed by atoms with Gasteiger partial charge in [0.2, 0.25) is 31.9 Å². The molecule has 2 heterocycles. The molecule has 1 N–H and O–H groups in total. The SMILES string of the molecule is CS(=O)(=O)NC1CN(S(=O)(=O)c2ccc(Cl)cc2Cl)C2CN(C3CC3)C(=O)C(Cc3ccc(Br)cc3)N2C1=O. The Kier molecular flexibility index (Phi) is 7.81. The number of benzene rings is 2. The lowest BCUT2D eigenvalue weighted by Gasteiger charge is -2.53. The van der Waals surface area contributed by atoms with Gasteiger partial charge in [-0.3, -0.25) is 9.59 Å². The Balaban J connectivity index is 1.62. The third kappa shape index (κ3) is 5.85. The van der Waals surface area contributed by atoms with Gasteiger partial charge in [-0.25, -0.2) is 21.6 Å². The molecule has 3 unspecified atom stereocenters. The van der Waals surface area contributed by atoms with Gasteiger partial charge < -0.3 is 9.80 Å². The second kappa shape index (κ2) is 10.6. The molecule has 5 rings (SSSR count). The van der Waals surface area contributed by atoms with Crippen LogP contribution in [0.1, 0.15) is 18.4 Å². The van der Waals surface area contributed by atoms with Crippen LogP contribution in [0.4, 0.5) is 0 Å². The molecule has 3 fully saturated rings. The normalized spacial score (nSPS) is 24.7. The molecule has 3 aliphatic rings. The summed E-state index contributed by atoms with van der Waals surface area (Å²) in [6, 6.07) is 8.67. The molecule has 2 aromatic carbocycles. The van der Waals surface area contributed by atoms with Gasteiger partial charge in [0.15, 0.2) is 0 Å². The molecule has 0 bridgehead atoms. The van der Waals surface area contributed by atoms with E-state index in [2.05, 4.69) is 20.7 Å². The Morgan fingerprint density at radius 2 is 1.64 bits per heavy atom. The van der Waals surface area contributed by atoms with Crippen LogP contribution in [0.3, 0.4) is 0 Å². The van der Waals surface area contributed by atoms with Gasteiger partial charge in [0.25, 0.3) is 0 Å². The van der Waals surface area contributed by atoms with Gasteiger partial charge in [0.05, 0.1) is 17.8 Å². The summed E-state index contributed by atoms with van der Waals surface area (Å²) in [6.45, 7) is -0.506. The molecule has 15 heteroatoms. The zero-order valence-corrected chi connectivity index (χ0v) is 25.4. The molecule has 2 saturated heterocycles. The van der Waals surface area contributed by atoms with Crippen molar-refractivity contribution in [1.29, 1.82) is 0 Å². The minimum Gasteiger partial charge on any atom is -0.334 e. The zero-order valence-electron chi connectivity index (χ0n) is 20.6. The van der Waals surface area contributed by atoms with E-state index in [9.17, 15) is 26.4 Å². The minimum atomic E-state index is -4.37. The minimum absolute atomic E-state index is 0.0396. The maximum Gasteiger partial charge on any atom is 0.246 e. The topological polar surface area (TPSA) is 124 Å². The van der Waals surface area contributed by atoms with E-state index in [1.807, 2.05) is 24.3 Å². The maximum absolute atomic E-state index is 14.0. The summed E-state index contributed by atoms with van der Waals surface area (Å²) in [4.78, 5) is 30.2. The van der Waals surface area contributed by atoms with E-state index in [0.29, 0.717) is 0 Å². The lowest BCUT2D eigenvalue weighted by molar-refractivity contribution is -0.167. The molecular weight excluding hydrogens is 655 g/mol. The number of fused-ring (bicyclic) bond motifs is 1. The second-order valence-electron chi connectivity index (χ2n) is 9.89. The zero-order chi connectivity index (χ0) is 28.3. The first kappa shape index (κ1) is 28.8. The van der Waals surface area contributed by atoms with Gasteiger partial charge >= 0.3 is 0 Å². The number of amides is 2. The van der Waals surface area contributed by atoms with Crippen molar-refractivity contribution in [2.45, 2.75) is 48.4 Å². The molecule has 1 aliphatic carbocycles. The van der Waals surface area contributed by atoms with Crippen molar-refractivity contribution >= 4 is 71.0 Å². The van der Waals surface area contributed by atoms with Crippen molar-refractivity contribution in [3.63, 3.8) is 0 Å². The van der Waals surface area contributed by atoms with Crippen LogP contribution in [0, 0.1) is 0 Å². The fraction of sp³-hybridized carbons (Fsp3) is 0.417.